The van der Waals surface area contributed by atoms with Crippen molar-refractivity contribution in [2.45, 2.75) is 19.5 Å². The first kappa shape index (κ1) is 18.3. The van der Waals surface area contributed by atoms with Crippen molar-refractivity contribution in [2.24, 2.45) is 14.1 Å². The van der Waals surface area contributed by atoms with Crippen LogP contribution >= 0.6 is 0 Å². The zero-order chi connectivity index (χ0) is 19.7. The van der Waals surface area contributed by atoms with Gasteiger partial charge in [-0.05, 0) is 19.1 Å². The molecule has 0 radical (unpaired) electrons. The molecule has 9 heteroatoms. The van der Waals surface area contributed by atoms with Crippen LogP contribution in [-0.4, -0.2) is 24.6 Å². The van der Waals surface area contributed by atoms with Crippen molar-refractivity contribution < 1.29 is 4.79 Å². The molecule has 2 aromatic heterocycles. The molecular formula is C18H19N5O4. The average Bonchev–Trinajstić information content (AvgIpc) is 2.68. The number of hydrogen-bond acceptors (Lipinski definition) is 5. The SMILES string of the molecule is CC(C(=O)NCc1cc(=O)n(C)c(=O)n1C)n1cnc2ccccc2c1=O. The fourth-order valence-corrected chi connectivity index (χ4v) is 2.76. The van der Waals surface area contributed by atoms with E-state index in [0.29, 0.717) is 16.6 Å². The molecular weight excluding hydrogens is 350 g/mol. The Bertz CT molecular complexity index is 1200. The highest BCUT2D eigenvalue weighted by atomic mass is 16.2. The number of carbonyl (C=O) groups excluding carboxylic acids is 1. The van der Waals surface area contributed by atoms with Gasteiger partial charge >= 0.3 is 5.69 Å². The molecule has 0 aliphatic rings. The first-order valence-electron chi connectivity index (χ1n) is 8.30. The van der Waals surface area contributed by atoms with Gasteiger partial charge in [0.05, 0.1) is 23.8 Å². The number of rotatable bonds is 4. The van der Waals surface area contributed by atoms with E-state index in [1.54, 1.807) is 31.2 Å². The smallest absolute Gasteiger partial charge is 0.330 e. The highest BCUT2D eigenvalue weighted by molar-refractivity contribution is 5.81. The van der Waals surface area contributed by atoms with Crippen LogP contribution in [0.5, 0.6) is 0 Å². The van der Waals surface area contributed by atoms with E-state index in [1.165, 1.54) is 35.6 Å². The summed E-state index contributed by atoms with van der Waals surface area (Å²) in [6.07, 6.45) is 1.34. The predicted molar refractivity (Wildman–Crippen MR) is 99.5 cm³/mol. The maximum absolute atomic E-state index is 12.6. The lowest BCUT2D eigenvalue weighted by molar-refractivity contribution is -0.124. The van der Waals surface area contributed by atoms with Gasteiger partial charge in [0.25, 0.3) is 11.1 Å². The normalized spacial score (nSPS) is 12.1. The van der Waals surface area contributed by atoms with Crippen LogP contribution in [0.2, 0.25) is 0 Å². The monoisotopic (exact) mass is 369 g/mol. The molecule has 0 saturated heterocycles. The van der Waals surface area contributed by atoms with Crippen LogP contribution in [0.1, 0.15) is 18.7 Å². The fourth-order valence-electron chi connectivity index (χ4n) is 2.76. The van der Waals surface area contributed by atoms with Gasteiger partial charge in [-0.25, -0.2) is 9.78 Å². The van der Waals surface area contributed by atoms with Gasteiger partial charge in [-0.15, -0.1) is 0 Å². The summed E-state index contributed by atoms with van der Waals surface area (Å²) >= 11 is 0. The second-order valence-corrected chi connectivity index (χ2v) is 6.24. The van der Waals surface area contributed by atoms with Gasteiger partial charge in [-0.2, -0.15) is 0 Å². The first-order chi connectivity index (χ1) is 12.8. The van der Waals surface area contributed by atoms with Crippen molar-refractivity contribution in [3.63, 3.8) is 0 Å². The van der Waals surface area contributed by atoms with Gasteiger partial charge in [-0.1, -0.05) is 12.1 Å². The molecule has 1 amide bonds. The average molecular weight is 369 g/mol. The van der Waals surface area contributed by atoms with Gasteiger partial charge < -0.3 is 5.32 Å². The highest BCUT2D eigenvalue weighted by Crippen LogP contribution is 2.08. The van der Waals surface area contributed by atoms with Gasteiger partial charge in [0.15, 0.2) is 0 Å². The summed E-state index contributed by atoms with van der Waals surface area (Å²) in [4.78, 5) is 53.0. The van der Waals surface area contributed by atoms with E-state index in [2.05, 4.69) is 10.3 Å². The molecule has 27 heavy (non-hydrogen) atoms. The number of fused-ring (bicyclic) bond motifs is 1. The number of carbonyl (C=O) groups is 1. The molecule has 3 aromatic rings. The van der Waals surface area contributed by atoms with Crippen LogP contribution in [0.4, 0.5) is 0 Å². The van der Waals surface area contributed by atoms with Crippen LogP contribution in [0.25, 0.3) is 10.9 Å². The van der Waals surface area contributed by atoms with E-state index in [-0.39, 0.29) is 12.1 Å². The molecule has 1 unspecified atom stereocenters. The molecule has 0 aliphatic heterocycles. The van der Waals surface area contributed by atoms with Crippen LogP contribution in [-0.2, 0) is 25.4 Å². The van der Waals surface area contributed by atoms with Crippen molar-refractivity contribution in [1.82, 2.24) is 24.0 Å². The minimum absolute atomic E-state index is 0.0131. The molecule has 1 atom stereocenters. The van der Waals surface area contributed by atoms with E-state index < -0.39 is 23.2 Å². The minimum Gasteiger partial charge on any atom is -0.349 e. The van der Waals surface area contributed by atoms with E-state index >= 15 is 0 Å². The summed E-state index contributed by atoms with van der Waals surface area (Å²) in [5.41, 5.74) is -0.321. The summed E-state index contributed by atoms with van der Waals surface area (Å²) in [7, 11) is 2.90. The zero-order valence-electron chi connectivity index (χ0n) is 15.2. The van der Waals surface area contributed by atoms with Gasteiger partial charge in [0.1, 0.15) is 6.04 Å². The lowest BCUT2D eigenvalue weighted by Gasteiger charge is -2.16. The quantitative estimate of drug-likeness (QED) is 0.678. The Morgan fingerprint density at radius 2 is 1.85 bits per heavy atom. The predicted octanol–water partition coefficient (Wildman–Crippen LogP) is -0.329. The Morgan fingerprint density at radius 1 is 1.15 bits per heavy atom. The van der Waals surface area contributed by atoms with Crippen LogP contribution in [0.3, 0.4) is 0 Å². The molecule has 9 nitrogen and oxygen atoms in total. The largest absolute Gasteiger partial charge is 0.349 e. The molecule has 0 spiro atoms. The lowest BCUT2D eigenvalue weighted by Crippen LogP contribution is -2.40. The number of amides is 1. The summed E-state index contributed by atoms with van der Waals surface area (Å²) in [5.74, 6) is -0.428. The fraction of sp³-hybridized carbons (Fsp3) is 0.278. The molecule has 2 heterocycles. The van der Waals surface area contributed by atoms with Gasteiger partial charge in [0, 0.05) is 25.9 Å². The third kappa shape index (κ3) is 3.31. The first-order valence-corrected chi connectivity index (χ1v) is 8.30. The Hall–Kier alpha value is -3.49. The summed E-state index contributed by atoms with van der Waals surface area (Å²) in [5, 5.41) is 3.08. The molecule has 1 aromatic carbocycles. The van der Waals surface area contributed by atoms with E-state index in [9.17, 15) is 19.2 Å². The highest BCUT2D eigenvalue weighted by Gasteiger charge is 2.18. The molecule has 140 valence electrons. The number of para-hydroxylation sites is 1. The number of benzene rings is 1. The Kier molecular flexibility index (Phi) is 4.76. The molecule has 3 rings (SSSR count). The number of nitrogens with one attached hydrogen (secondary N) is 1. The van der Waals surface area contributed by atoms with Crippen molar-refractivity contribution in [2.75, 3.05) is 0 Å². The number of hydrogen-bond donors (Lipinski definition) is 1. The second-order valence-electron chi connectivity index (χ2n) is 6.24. The summed E-state index contributed by atoms with van der Waals surface area (Å²) in [6.45, 7) is 1.57. The van der Waals surface area contributed by atoms with E-state index in [0.717, 1.165) is 4.57 Å². The Morgan fingerprint density at radius 3 is 2.59 bits per heavy atom. The van der Waals surface area contributed by atoms with Crippen molar-refractivity contribution >= 4 is 16.8 Å². The van der Waals surface area contributed by atoms with Crippen molar-refractivity contribution in [3.05, 3.63) is 73.5 Å². The second kappa shape index (κ2) is 7.02. The maximum Gasteiger partial charge on any atom is 0.330 e. The lowest BCUT2D eigenvalue weighted by atomic mass is 10.2. The molecule has 0 saturated carbocycles. The molecule has 0 aliphatic carbocycles. The summed E-state index contributed by atoms with van der Waals surface area (Å²) < 4.78 is 3.52. The summed E-state index contributed by atoms with van der Waals surface area (Å²) in [6, 6.07) is 7.37. The van der Waals surface area contributed by atoms with Crippen LogP contribution in [0.15, 0.2) is 51.0 Å². The topological polar surface area (TPSA) is 108 Å². The Balaban J connectivity index is 1.83. The third-order valence-corrected chi connectivity index (χ3v) is 4.56. The number of aromatic nitrogens is 4. The molecule has 0 fully saturated rings. The minimum atomic E-state index is -0.807. The number of nitrogens with zero attached hydrogens (tertiary/aromatic N) is 4. The Labute approximate surface area is 153 Å². The molecule has 0 bridgehead atoms. The maximum atomic E-state index is 12.6. The third-order valence-electron chi connectivity index (χ3n) is 4.56. The molecule has 1 N–H and O–H groups in total. The standard InChI is InChI=1S/C18H19N5O4/c1-11(23-10-20-14-7-5-4-6-13(14)17(23)26)16(25)19-9-12-8-15(24)22(3)18(27)21(12)2/h4-8,10-11H,9H2,1-3H3,(H,19,25). The van der Waals surface area contributed by atoms with Crippen LogP contribution in [0, 0.1) is 0 Å². The van der Waals surface area contributed by atoms with Crippen LogP contribution < -0.4 is 22.1 Å². The zero-order valence-corrected chi connectivity index (χ0v) is 15.2. The van der Waals surface area contributed by atoms with Gasteiger partial charge in [0.2, 0.25) is 5.91 Å². The van der Waals surface area contributed by atoms with E-state index in [4.69, 9.17) is 0 Å². The van der Waals surface area contributed by atoms with Gasteiger partial charge in [-0.3, -0.25) is 28.1 Å². The van der Waals surface area contributed by atoms with Crippen molar-refractivity contribution in [1.29, 1.82) is 0 Å². The van der Waals surface area contributed by atoms with E-state index in [1.807, 2.05) is 0 Å². The van der Waals surface area contributed by atoms with Crippen molar-refractivity contribution in [3.8, 4) is 0 Å².